The molecule has 0 spiro atoms. The van der Waals surface area contributed by atoms with E-state index < -0.39 is 0 Å². The second-order valence-electron chi connectivity index (χ2n) is 6.81. The molecule has 5 heteroatoms. The lowest BCUT2D eigenvalue weighted by Gasteiger charge is -2.38. The number of carbonyl (C=O) groups is 1. The summed E-state index contributed by atoms with van der Waals surface area (Å²) < 4.78 is 1.96. The molecule has 116 valence electrons. The highest BCUT2D eigenvalue weighted by Gasteiger charge is 2.35. The Kier molecular flexibility index (Phi) is 3.37. The maximum Gasteiger partial charge on any atom is 0.228 e. The van der Waals surface area contributed by atoms with Gasteiger partial charge >= 0.3 is 0 Å². The third-order valence-corrected chi connectivity index (χ3v) is 5.12. The van der Waals surface area contributed by atoms with Gasteiger partial charge in [-0.15, -0.1) is 0 Å². The van der Waals surface area contributed by atoms with E-state index >= 15 is 0 Å². The number of fused-ring (bicyclic) bond motifs is 3. The summed E-state index contributed by atoms with van der Waals surface area (Å²) in [5.74, 6) is 2.39. The first kappa shape index (κ1) is 13.8. The Morgan fingerprint density at radius 1 is 1.32 bits per heavy atom. The number of hydrogen-bond acceptors (Lipinski definition) is 3. The number of nitrogens with one attached hydrogen (secondary N) is 2. The molecule has 0 radical (unpaired) electrons. The minimum Gasteiger partial charge on any atom is -0.316 e. The van der Waals surface area contributed by atoms with Crippen LogP contribution in [0.25, 0.3) is 5.65 Å². The first-order valence-electron chi connectivity index (χ1n) is 8.15. The van der Waals surface area contributed by atoms with Crippen LogP contribution in [-0.2, 0) is 4.79 Å². The van der Waals surface area contributed by atoms with Gasteiger partial charge in [0, 0.05) is 12.1 Å². The number of rotatable bonds is 2. The smallest absolute Gasteiger partial charge is 0.228 e. The molecule has 2 aromatic heterocycles. The van der Waals surface area contributed by atoms with Crippen molar-refractivity contribution in [2.24, 2.45) is 17.8 Å². The molecule has 5 nitrogen and oxygen atoms in total. The maximum absolute atomic E-state index is 12.7. The number of piperidine rings is 1. The van der Waals surface area contributed by atoms with Gasteiger partial charge in [-0.05, 0) is 62.7 Å². The zero-order valence-corrected chi connectivity index (χ0v) is 12.9. The van der Waals surface area contributed by atoms with E-state index in [1.54, 1.807) is 6.20 Å². The van der Waals surface area contributed by atoms with E-state index in [0.29, 0.717) is 11.8 Å². The Morgan fingerprint density at radius 3 is 2.86 bits per heavy atom. The van der Waals surface area contributed by atoms with Crippen molar-refractivity contribution in [2.45, 2.75) is 26.2 Å². The lowest BCUT2D eigenvalue weighted by molar-refractivity contribution is -0.122. The zero-order chi connectivity index (χ0) is 15.1. The molecule has 1 aliphatic heterocycles. The molecule has 2 N–H and O–H groups in total. The second kappa shape index (κ2) is 5.39. The summed E-state index contributed by atoms with van der Waals surface area (Å²) in [6.07, 6.45) is 7.00. The van der Waals surface area contributed by atoms with Crippen molar-refractivity contribution in [2.75, 3.05) is 18.4 Å². The summed E-state index contributed by atoms with van der Waals surface area (Å²) in [4.78, 5) is 17.1. The molecule has 1 aliphatic carbocycles. The molecule has 1 amide bonds. The van der Waals surface area contributed by atoms with Crippen molar-refractivity contribution in [3.63, 3.8) is 0 Å². The van der Waals surface area contributed by atoms with Gasteiger partial charge in [0.15, 0.2) is 0 Å². The second-order valence-corrected chi connectivity index (χ2v) is 6.81. The molecular formula is C17H22N4O. The van der Waals surface area contributed by atoms with Crippen LogP contribution in [0.1, 0.15) is 24.8 Å². The SMILES string of the molecule is Cc1cccn2c(NC(=O)C3CC4CNCC(C4)C3)cnc12. The van der Waals surface area contributed by atoms with Crippen LogP contribution in [0.4, 0.5) is 5.82 Å². The Bertz CT molecular complexity index is 696. The van der Waals surface area contributed by atoms with Crippen LogP contribution in [0.3, 0.4) is 0 Å². The van der Waals surface area contributed by atoms with Gasteiger partial charge in [-0.25, -0.2) is 4.98 Å². The average Bonchev–Trinajstić information content (AvgIpc) is 2.91. The van der Waals surface area contributed by atoms with Crippen molar-refractivity contribution in [1.82, 2.24) is 14.7 Å². The summed E-state index contributed by atoms with van der Waals surface area (Å²) in [6, 6.07) is 4.01. The van der Waals surface area contributed by atoms with Gasteiger partial charge in [0.05, 0.1) is 6.20 Å². The molecule has 3 heterocycles. The van der Waals surface area contributed by atoms with Crippen LogP contribution in [0.15, 0.2) is 24.5 Å². The third-order valence-electron chi connectivity index (χ3n) is 5.12. The van der Waals surface area contributed by atoms with Gasteiger partial charge in [-0.3, -0.25) is 9.20 Å². The summed E-state index contributed by atoms with van der Waals surface area (Å²) in [7, 11) is 0. The quantitative estimate of drug-likeness (QED) is 0.894. The standard InChI is InChI=1S/C17H22N4O/c1-11-3-2-4-21-15(10-19-16(11)21)20-17(22)14-6-12-5-13(7-14)9-18-8-12/h2-4,10,12-14,18H,5-9H2,1H3,(H,20,22). The van der Waals surface area contributed by atoms with Crippen LogP contribution < -0.4 is 10.6 Å². The molecule has 2 unspecified atom stereocenters. The Labute approximate surface area is 130 Å². The minimum atomic E-state index is 0.140. The first-order chi connectivity index (χ1) is 10.7. The van der Waals surface area contributed by atoms with E-state index in [9.17, 15) is 4.79 Å². The Morgan fingerprint density at radius 2 is 2.09 bits per heavy atom. The highest BCUT2D eigenvalue weighted by atomic mass is 16.2. The number of aromatic nitrogens is 2. The van der Waals surface area contributed by atoms with Gasteiger partial charge in [-0.1, -0.05) is 6.07 Å². The number of nitrogens with zero attached hydrogens (tertiary/aromatic N) is 2. The third kappa shape index (κ3) is 2.39. The van der Waals surface area contributed by atoms with E-state index in [1.165, 1.54) is 6.42 Å². The molecule has 0 aromatic carbocycles. The van der Waals surface area contributed by atoms with E-state index in [2.05, 4.69) is 15.6 Å². The van der Waals surface area contributed by atoms with Crippen LogP contribution in [0, 0.1) is 24.7 Å². The number of amides is 1. The fourth-order valence-electron chi connectivity index (χ4n) is 4.08. The van der Waals surface area contributed by atoms with Crippen LogP contribution in [0.2, 0.25) is 0 Å². The fourth-order valence-corrected chi connectivity index (χ4v) is 4.08. The number of hydrogen-bond donors (Lipinski definition) is 2. The van der Waals surface area contributed by atoms with Crippen LogP contribution >= 0.6 is 0 Å². The average molecular weight is 298 g/mol. The lowest BCUT2D eigenvalue weighted by Crippen LogP contribution is -2.44. The minimum absolute atomic E-state index is 0.140. The summed E-state index contributed by atoms with van der Waals surface area (Å²) in [5, 5.41) is 6.57. The van der Waals surface area contributed by atoms with Crippen molar-refractivity contribution in [1.29, 1.82) is 0 Å². The molecular weight excluding hydrogens is 276 g/mol. The highest BCUT2D eigenvalue weighted by Crippen LogP contribution is 2.35. The summed E-state index contributed by atoms with van der Waals surface area (Å²) >= 11 is 0. The molecule has 4 rings (SSSR count). The maximum atomic E-state index is 12.7. The lowest BCUT2D eigenvalue weighted by atomic mass is 9.73. The van der Waals surface area contributed by atoms with E-state index in [1.807, 2.05) is 29.7 Å². The van der Waals surface area contributed by atoms with E-state index in [4.69, 9.17) is 0 Å². The summed E-state index contributed by atoms with van der Waals surface area (Å²) in [5.41, 5.74) is 2.02. The van der Waals surface area contributed by atoms with Gasteiger partial charge in [-0.2, -0.15) is 0 Å². The number of pyridine rings is 1. The molecule has 2 fully saturated rings. The Balaban J connectivity index is 1.52. The predicted octanol–water partition coefficient (Wildman–Crippen LogP) is 2.22. The van der Waals surface area contributed by atoms with E-state index in [-0.39, 0.29) is 11.8 Å². The fraction of sp³-hybridized carbons (Fsp3) is 0.529. The normalized spacial score (nSPS) is 27.8. The number of carbonyl (C=O) groups excluding carboxylic acids is 1. The topological polar surface area (TPSA) is 58.4 Å². The molecule has 2 aliphatic rings. The van der Waals surface area contributed by atoms with Crippen molar-refractivity contribution in [3.8, 4) is 0 Å². The first-order valence-corrected chi connectivity index (χ1v) is 8.15. The molecule has 1 saturated heterocycles. The van der Waals surface area contributed by atoms with E-state index in [0.717, 1.165) is 43.0 Å². The van der Waals surface area contributed by atoms with Crippen LogP contribution in [-0.4, -0.2) is 28.4 Å². The molecule has 22 heavy (non-hydrogen) atoms. The molecule has 1 saturated carbocycles. The highest BCUT2D eigenvalue weighted by molar-refractivity contribution is 5.92. The number of imidazole rings is 1. The number of aryl methyl sites for hydroxylation is 1. The zero-order valence-electron chi connectivity index (χ0n) is 12.9. The van der Waals surface area contributed by atoms with Crippen molar-refractivity contribution >= 4 is 17.4 Å². The monoisotopic (exact) mass is 298 g/mol. The van der Waals surface area contributed by atoms with Gasteiger partial charge < -0.3 is 10.6 Å². The molecule has 2 atom stereocenters. The predicted molar refractivity (Wildman–Crippen MR) is 85.7 cm³/mol. The summed E-state index contributed by atoms with van der Waals surface area (Å²) in [6.45, 7) is 4.16. The molecule has 2 aromatic rings. The Hall–Kier alpha value is -1.88. The largest absolute Gasteiger partial charge is 0.316 e. The van der Waals surface area contributed by atoms with Crippen molar-refractivity contribution < 1.29 is 4.79 Å². The molecule has 2 bridgehead atoms. The van der Waals surface area contributed by atoms with Gasteiger partial charge in [0.25, 0.3) is 0 Å². The van der Waals surface area contributed by atoms with Gasteiger partial charge in [0.1, 0.15) is 11.5 Å². The van der Waals surface area contributed by atoms with Crippen LogP contribution in [0.5, 0.6) is 0 Å². The number of anilines is 1. The van der Waals surface area contributed by atoms with Crippen molar-refractivity contribution in [3.05, 3.63) is 30.1 Å². The van der Waals surface area contributed by atoms with Gasteiger partial charge in [0.2, 0.25) is 5.91 Å².